The molecule has 0 aromatic heterocycles. The number of β-amino-alcohol motifs (C(OH)–C–C–N with tert-alkyl or cyclic N) is 1. The number of anilines is 1. The highest BCUT2D eigenvalue weighted by molar-refractivity contribution is 6.31. The number of aliphatic hydroxyl groups excluding tert-OH is 1. The summed E-state index contributed by atoms with van der Waals surface area (Å²) >= 11 is 5.82. The van der Waals surface area contributed by atoms with Crippen LogP contribution in [0.5, 0.6) is 0 Å². The van der Waals surface area contributed by atoms with Gasteiger partial charge in [-0.1, -0.05) is 11.6 Å². The van der Waals surface area contributed by atoms with Gasteiger partial charge in [-0.2, -0.15) is 0 Å². The zero-order valence-corrected chi connectivity index (χ0v) is 13.7. The first kappa shape index (κ1) is 16.6. The molecule has 1 aromatic carbocycles. The Hall–Kier alpha value is -1.21. The summed E-state index contributed by atoms with van der Waals surface area (Å²) in [7, 11) is 0. The van der Waals surface area contributed by atoms with Crippen LogP contribution >= 0.6 is 11.6 Å². The van der Waals surface area contributed by atoms with Gasteiger partial charge in [0.05, 0.1) is 17.7 Å². The highest BCUT2D eigenvalue weighted by Crippen LogP contribution is 2.28. The van der Waals surface area contributed by atoms with Gasteiger partial charge in [0.1, 0.15) is 5.82 Å². The second-order valence-corrected chi connectivity index (χ2v) is 6.40. The Kier molecular flexibility index (Phi) is 5.16. The summed E-state index contributed by atoms with van der Waals surface area (Å²) in [4.78, 5) is 18.8. The second kappa shape index (κ2) is 7.13. The van der Waals surface area contributed by atoms with Crippen LogP contribution in [0.3, 0.4) is 0 Å². The molecular formula is C16H21ClFN3O2. The predicted molar refractivity (Wildman–Crippen MR) is 87.3 cm³/mol. The molecular weight excluding hydrogens is 321 g/mol. The minimum absolute atomic E-state index is 0.0383. The van der Waals surface area contributed by atoms with Gasteiger partial charge in [0.2, 0.25) is 5.91 Å². The summed E-state index contributed by atoms with van der Waals surface area (Å²) in [5.41, 5.74) is 0.655. The van der Waals surface area contributed by atoms with Crippen molar-refractivity contribution in [1.82, 2.24) is 9.80 Å². The molecule has 0 spiro atoms. The fourth-order valence-electron chi connectivity index (χ4n) is 3.35. The number of benzene rings is 1. The quantitative estimate of drug-likeness (QED) is 0.894. The maximum Gasteiger partial charge on any atom is 0.244 e. The molecule has 0 radical (unpaired) electrons. The predicted octanol–water partition coefficient (Wildman–Crippen LogP) is 1.19. The van der Waals surface area contributed by atoms with E-state index in [0.717, 1.165) is 32.6 Å². The molecule has 3 rings (SSSR count). The number of hydrogen-bond donors (Lipinski definition) is 1. The standard InChI is InChI=1S/C16H21ClFN3O2/c17-13-11-12(1-2-14(13)18)21-4-3-15(16(21)23)20-7-5-19(6-8-20)9-10-22/h1-2,11,15,22H,3-10H2. The van der Waals surface area contributed by atoms with Crippen molar-refractivity contribution in [3.8, 4) is 0 Å². The molecule has 1 aromatic rings. The van der Waals surface area contributed by atoms with Crippen molar-refractivity contribution in [2.24, 2.45) is 0 Å². The first-order chi connectivity index (χ1) is 11.1. The average molecular weight is 342 g/mol. The minimum Gasteiger partial charge on any atom is -0.395 e. The summed E-state index contributed by atoms with van der Waals surface area (Å²) in [6, 6.07) is 4.29. The van der Waals surface area contributed by atoms with Crippen molar-refractivity contribution in [3.05, 3.63) is 29.0 Å². The van der Waals surface area contributed by atoms with E-state index in [2.05, 4.69) is 9.80 Å². The van der Waals surface area contributed by atoms with Crippen LogP contribution in [0.4, 0.5) is 10.1 Å². The van der Waals surface area contributed by atoms with Gasteiger partial charge in [0.15, 0.2) is 0 Å². The molecule has 126 valence electrons. The van der Waals surface area contributed by atoms with Gasteiger partial charge in [-0.3, -0.25) is 14.6 Å². The molecule has 1 N–H and O–H groups in total. The van der Waals surface area contributed by atoms with Gasteiger partial charge in [-0.15, -0.1) is 0 Å². The van der Waals surface area contributed by atoms with E-state index < -0.39 is 5.82 Å². The number of carbonyl (C=O) groups is 1. The molecule has 2 aliphatic heterocycles. The number of amides is 1. The largest absolute Gasteiger partial charge is 0.395 e. The zero-order chi connectivity index (χ0) is 16.4. The Morgan fingerprint density at radius 3 is 2.61 bits per heavy atom. The molecule has 1 amide bonds. The van der Waals surface area contributed by atoms with E-state index in [0.29, 0.717) is 18.8 Å². The third-order valence-electron chi connectivity index (χ3n) is 4.66. The van der Waals surface area contributed by atoms with Gasteiger partial charge in [0.25, 0.3) is 0 Å². The lowest BCUT2D eigenvalue weighted by Gasteiger charge is -2.37. The maximum atomic E-state index is 13.3. The maximum absolute atomic E-state index is 13.3. The van der Waals surface area contributed by atoms with Crippen molar-refractivity contribution >= 4 is 23.2 Å². The highest BCUT2D eigenvalue weighted by atomic mass is 35.5. The van der Waals surface area contributed by atoms with E-state index >= 15 is 0 Å². The Balaban J connectivity index is 1.64. The number of piperazine rings is 1. The number of hydrogen-bond acceptors (Lipinski definition) is 4. The van der Waals surface area contributed by atoms with Crippen LogP contribution in [0.25, 0.3) is 0 Å². The Labute approximate surface area is 140 Å². The fourth-order valence-corrected chi connectivity index (χ4v) is 3.53. The zero-order valence-electron chi connectivity index (χ0n) is 12.9. The number of halogens is 2. The average Bonchev–Trinajstić information content (AvgIpc) is 2.93. The number of aliphatic hydroxyl groups is 1. The smallest absolute Gasteiger partial charge is 0.244 e. The monoisotopic (exact) mass is 341 g/mol. The molecule has 5 nitrogen and oxygen atoms in total. The lowest BCUT2D eigenvalue weighted by Crippen LogP contribution is -2.52. The summed E-state index contributed by atoms with van der Waals surface area (Å²) < 4.78 is 13.3. The Bertz CT molecular complexity index is 578. The van der Waals surface area contributed by atoms with Crippen molar-refractivity contribution < 1.29 is 14.3 Å². The van der Waals surface area contributed by atoms with Crippen LogP contribution in [-0.2, 0) is 4.79 Å². The van der Waals surface area contributed by atoms with Gasteiger partial charge in [0, 0.05) is 45.0 Å². The molecule has 1 unspecified atom stereocenters. The molecule has 7 heteroatoms. The van der Waals surface area contributed by atoms with Crippen molar-refractivity contribution in [1.29, 1.82) is 0 Å². The van der Waals surface area contributed by atoms with Crippen LogP contribution < -0.4 is 4.90 Å². The summed E-state index contributed by atoms with van der Waals surface area (Å²) in [6.45, 7) is 4.87. The van der Waals surface area contributed by atoms with Crippen molar-refractivity contribution in [3.63, 3.8) is 0 Å². The lowest BCUT2D eigenvalue weighted by atomic mass is 10.2. The molecule has 2 heterocycles. The number of nitrogens with zero attached hydrogens (tertiary/aromatic N) is 3. The first-order valence-corrected chi connectivity index (χ1v) is 8.31. The first-order valence-electron chi connectivity index (χ1n) is 7.94. The molecule has 2 saturated heterocycles. The molecule has 0 aliphatic carbocycles. The van der Waals surface area contributed by atoms with Gasteiger partial charge in [-0.05, 0) is 24.6 Å². The third-order valence-corrected chi connectivity index (χ3v) is 4.95. The normalized spacial score (nSPS) is 23.7. The topological polar surface area (TPSA) is 47.0 Å². The summed E-state index contributed by atoms with van der Waals surface area (Å²) in [5, 5.41) is 9.03. The number of rotatable bonds is 4. The van der Waals surface area contributed by atoms with E-state index in [1.807, 2.05) is 0 Å². The molecule has 0 bridgehead atoms. The van der Waals surface area contributed by atoms with Crippen LogP contribution in [-0.4, -0.2) is 72.7 Å². The molecule has 23 heavy (non-hydrogen) atoms. The Morgan fingerprint density at radius 1 is 1.22 bits per heavy atom. The van der Waals surface area contributed by atoms with Crippen molar-refractivity contribution in [2.45, 2.75) is 12.5 Å². The van der Waals surface area contributed by atoms with Crippen molar-refractivity contribution in [2.75, 3.05) is 50.8 Å². The SMILES string of the molecule is O=C1C(N2CCN(CCO)CC2)CCN1c1ccc(F)c(Cl)c1. The molecule has 1 atom stereocenters. The van der Waals surface area contributed by atoms with Gasteiger partial charge >= 0.3 is 0 Å². The van der Waals surface area contributed by atoms with E-state index in [1.54, 1.807) is 11.0 Å². The number of carbonyl (C=O) groups excluding carboxylic acids is 1. The minimum atomic E-state index is -0.474. The van der Waals surface area contributed by atoms with E-state index in [4.69, 9.17) is 16.7 Å². The molecule has 2 fully saturated rings. The van der Waals surface area contributed by atoms with Crippen LogP contribution in [0.1, 0.15) is 6.42 Å². The highest BCUT2D eigenvalue weighted by Gasteiger charge is 2.37. The second-order valence-electron chi connectivity index (χ2n) is 5.99. The van der Waals surface area contributed by atoms with Crippen LogP contribution in [0.15, 0.2) is 18.2 Å². The fraction of sp³-hybridized carbons (Fsp3) is 0.562. The van der Waals surface area contributed by atoms with Crippen LogP contribution in [0, 0.1) is 5.82 Å². The summed E-state index contributed by atoms with van der Waals surface area (Å²) in [5.74, 6) is -0.415. The van der Waals surface area contributed by atoms with Gasteiger partial charge in [-0.25, -0.2) is 4.39 Å². The third kappa shape index (κ3) is 3.50. The van der Waals surface area contributed by atoms with Gasteiger partial charge < -0.3 is 10.0 Å². The summed E-state index contributed by atoms with van der Waals surface area (Å²) in [6.07, 6.45) is 0.772. The van der Waals surface area contributed by atoms with E-state index in [-0.39, 0.29) is 23.6 Å². The lowest BCUT2D eigenvalue weighted by molar-refractivity contribution is -0.122. The van der Waals surface area contributed by atoms with Crippen LogP contribution in [0.2, 0.25) is 5.02 Å². The van der Waals surface area contributed by atoms with E-state index in [1.165, 1.54) is 12.1 Å². The molecule has 0 saturated carbocycles. The van der Waals surface area contributed by atoms with E-state index in [9.17, 15) is 9.18 Å². The Morgan fingerprint density at radius 2 is 1.96 bits per heavy atom. The molecule has 2 aliphatic rings.